The molecule has 0 saturated carbocycles. The Morgan fingerprint density at radius 2 is 2.46 bits per heavy atom. The van der Waals surface area contributed by atoms with Crippen molar-refractivity contribution in [1.82, 2.24) is 4.98 Å². The highest BCUT2D eigenvalue weighted by Gasteiger charge is 2.27. The molecule has 2 rings (SSSR count). The van der Waals surface area contributed by atoms with E-state index in [1.807, 2.05) is 18.2 Å². The second-order valence-electron chi connectivity index (χ2n) is 2.86. The molecule has 2 atom stereocenters. The largest absolute Gasteiger partial charge is 0.394 e. The number of hydrogen-bond donors (Lipinski definition) is 1. The minimum atomic E-state index is -0.418. The van der Waals surface area contributed by atoms with Crippen LogP contribution < -0.4 is 0 Å². The molecule has 2 heterocycles. The van der Waals surface area contributed by atoms with Crippen LogP contribution in [-0.4, -0.2) is 29.4 Å². The summed E-state index contributed by atoms with van der Waals surface area (Å²) < 4.78 is 10.7. The van der Waals surface area contributed by atoms with E-state index < -0.39 is 6.29 Å². The SMILES string of the molecule is OCC1COC(c2ccccn2)O1. The molecule has 1 fully saturated rings. The molecule has 0 bridgehead atoms. The fourth-order valence-corrected chi connectivity index (χ4v) is 1.21. The van der Waals surface area contributed by atoms with E-state index in [2.05, 4.69) is 4.98 Å². The fraction of sp³-hybridized carbons (Fsp3) is 0.444. The molecular weight excluding hydrogens is 170 g/mol. The van der Waals surface area contributed by atoms with E-state index in [4.69, 9.17) is 14.6 Å². The van der Waals surface area contributed by atoms with Crippen molar-refractivity contribution in [3.63, 3.8) is 0 Å². The average Bonchev–Trinajstić information content (AvgIpc) is 2.67. The Morgan fingerprint density at radius 1 is 1.54 bits per heavy atom. The number of aliphatic hydroxyl groups is 1. The smallest absolute Gasteiger partial charge is 0.201 e. The first-order valence-electron chi connectivity index (χ1n) is 4.19. The van der Waals surface area contributed by atoms with Gasteiger partial charge in [-0.05, 0) is 12.1 Å². The zero-order valence-corrected chi connectivity index (χ0v) is 7.09. The van der Waals surface area contributed by atoms with Gasteiger partial charge in [-0.1, -0.05) is 6.07 Å². The summed E-state index contributed by atoms with van der Waals surface area (Å²) in [4.78, 5) is 4.10. The summed E-state index contributed by atoms with van der Waals surface area (Å²) in [7, 11) is 0. The van der Waals surface area contributed by atoms with E-state index in [-0.39, 0.29) is 12.7 Å². The van der Waals surface area contributed by atoms with Gasteiger partial charge in [0.15, 0.2) is 0 Å². The van der Waals surface area contributed by atoms with E-state index in [0.29, 0.717) is 6.61 Å². The van der Waals surface area contributed by atoms with Gasteiger partial charge in [0.1, 0.15) is 6.10 Å². The molecule has 4 nitrogen and oxygen atoms in total. The Morgan fingerprint density at radius 3 is 3.08 bits per heavy atom. The third-order valence-corrected chi connectivity index (χ3v) is 1.88. The molecule has 1 aromatic rings. The van der Waals surface area contributed by atoms with Crippen LogP contribution in [0.25, 0.3) is 0 Å². The molecule has 70 valence electrons. The number of rotatable bonds is 2. The Hall–Kier alpha value is -0.970. The molecule has 0 radical (unpaired) electrons. The zero-order chi connectivity index (χ0) is 9.10. The number of nitrogens with zero attached hydrogens (tertiary/aromatic N) is 1. The molecule has 0 amide bonds. The summed E-state index contributed by atoms with van der Waals surface area (Å²) >= 11 is 0. The van der Waals surface area contributed by atoms with Crippen molar-refractivity contribution in [1.29, 1.82) is 0 Å². The topological polar surface area (TPSA) is 51.6 Å². The number of pyridine rings is 1. The average molecular weight is 181 g/mol. The van der Waals surface area contributed by atoms with Crippen molar-refractivity contribution in [3.05, 3.63) is 30.1 Å². The fourth-order valence-electron chi connectivity index (χ4n) is 1.21. The van der Waals surface area contributed by atoms with Crippen molar-refractivity contribution in [2.45, 2.75) is 12.4 Å². The molecular formula is C9H11NO3. The number of aromatic nitrogens is 1. The summed E-state index contributed by atoms with van der Waals surface area (Å²) in [5, 5.41) is 8.81. The van der Waals surface area contributed by atoms with Gasteiger partial charge < -0.3 is 14.6 Å². The van der Waals surface area contributed by atoms with Crippen molar-refractivity contribution < 1.29 is 14.6 Å². The van der Waals surface area contributed by atoms with Crippen molar-refractivity contribution >= 4 is 0 Å². The maximum absolute atomic E-state index is 8.81. The van der Waals surface area contributed by atoms with Crippen LogP contribution in [0.3, 0.4) is 0 Å². The molecule has 13 heavy (non-hydrogen) atoms. The predicted molar refractivity (Wildman–Crippen MR) is 44.9 cm³/mol. The van der Waals surface area contributed by atoms with Crippen LogP contribution in [0.2, 0.25) is 0 Å². The first-order chi connectivity index (χ1) is 6.40. The number of aliphatic hydroxyl groups excluding tert-OH is 1. The Kier molecular flexibility index (Phi) is 2.54. The molecule has 4 heteroatoms. The molecule has 1 aromatic heterocycles. The second kappa shape index (κ2) is 3.83. The molecule has 0 aromatic carbocycles. The summed E-state index contributed by atoms with van der Waals surface area (Å²) in [6.45, 7) is 0.418. The van der Waals surface area contributed by atoms with E-state index in [0.717, 1.165) is 5.69 Å². The van der Waals surface area contributed by atoms with E-state index in [1.54, 1.807) is 6.20 Å². The van der Waals surface area contributed by atoms with Crippen LogP contribution in [0.5, 0.6) is 0 Å². The number of hydrogen-bond acceptors (Lipinski definition) is 4. The van der Waals surface area contributed by atoms with Crippen molar-refractivity contribution in [3.8, 4) is 0 Å². The normalized spacial score (nSPS) is 27.8. The highest BCUT2D eigenvalue weighted by atomic mass is 16.7. The molecule has 1 saturated heterocycles. The summed E-state index contributed by atoms with van der Waals surface area (Å²) in [6, 6.07) is 5.55. The summed E-state index contributed by atoms with van der Waals surface area (Å²) in [5.41, 5.74) is 0.749. The highest BCUT2D eigenvalue weighted by molar-refractivity contribution is 5.05. The first kappa shape index (κ1) is 8.62. The lowest BCUT2D eigenvalue weighted by atomic mass is 10.3. The highest BCUT2D eigenvalue weighted by Crippen LogP contribution is 2.24. The quantitative estimate of drug-likeness (QED) is 0.721. The first-order valence-corrected chi connectivity index (χ1v) is 4.19. The van der Waals surface area contributed by atoms with Crippen LogP contribution in [0, 0.1) is 0 Å². The Bertz CT molecular complexity index is 265. The Labute approximate surface area is 76.1 Å². The maximum atomic E-state index is 8.81. The monoisotopic (exact) mass is 181 g/mol. The summed E-state index contributed by atoms with van der Waals surface area (Å²) in [5.74, 6) is 0. The maximum Gasteiger partial charge on any atom is 0.201 e. The molecule has 1 aliphatic heterocycles. The van der Waals surface area contributed by atoms with Gasteiger partial charge in [0.05, 0.1) is 18.9 Å². The standard InChI is InChI=1S/C9H11NO3/c11-5-7-6-12-9(13-7)8-3-1-2-4-10-8/h1-4,7,9,11H,5-6H2. The Balaban J connectivity index is 2.04. The van der Waals surface area contributed by atoms with Gasteiger partial charge in [-0.2, -0.15) is 0 Å². The molecule has 0 aliphatic carbocycles. The third-order valence-electron chi connectivity index (χ3n) is 1.88. The van der Waals surface area contributed by atoms with Crippen molar-refractivity contribution in [2.24, 2.45) is 0 Å². The molecule has 1 N–H and O–H groups in total. The second-order valence-corrected chi connectivity index (χ2v) is 2.86. The minimum absolute atomic E-state index is 0.0106. The minimum Gasteiger partial charge on any atom is -0.394 e. The van der Waals surface area contributed by atoms with Crippen LogP contribution >= 0.6 is 0 Å². The third kappa shape index (κ3) is 1.85. The van der Waals surface area contributed by atoms with Gasteiger partial charge in [-0.3, -0.25) is 4.98 Å². The van der Waals surface area contributed by atoms with Gasteiger partial charge in [0.2, 0.25) is 6.29 Å². The number of ether oxygens (including phenoxy) is 2. The van der Waals surface area contributed by atoms with Gasteiger partial charge in [-0.25, -0.2) is 0 Å². The molecule has 1 aliphatic rings. The van der Waals surface area contributed by atoms with Gasteiger partial charge in [-0.15, -0.1) is 0 Å². The molecule has 0 spiro atoms. The van der Waals surface area contributed by atoms with Gasteiger partial charge >= 0.3 is 0 Å². The van der Waals surface area contributed by atoms with Gasteiger partial charge in [0, 0.05) is 6.20 Å². The lowest BCUT2D eigenvalue weighted by molar-refractivity contribution is -0.0703. The van der Waals surface area contributed by atoms with Gasteiger partial charge in [0.25, 0.3) is 0 Å². The van der Waals surface area contributed by atoms with E-state index in [9.17, 15) is 0 Å². The lowest BCUT2D eigenvalue weighted by Gasteiger charge is -2.08. The lowest BCUT2D eigenvalue weighted by Crippen LogP contribution is -2.14. The zero-order valence-electron chi connectivity index (χ0n) is 7.09. The van der Waals surface area contributed by atoms with E-state index >= 15 is 0 Å². The summed E-state index contributed by atoms with van der Waals surface area (Å²) in [6.07, 6.45) is 1.05. The molecule has 2 unspecified atom stereocenters. The van der Waals surface area contributed by atoms with Crippen LogP contribution in [-0.2, 0) is 9.47 Å². The predicted octanol–water partition coefficient (Wildman–Crippen LogP) is 0.488. The van der Waals surface area contributed by atoms with Crippen molar-refractivity contribution in [2.75, 3.05) is 13.2 Å². The van der Waals surface area contributed by atoms with E-state index in [1.165, 1.54) is 0 Å². The van der Waals surface area contributed by atoms with Crippen LogP contribution in [0.1, 0.15) is 12.0 Å². The van der Waals surface area contributed by atoms with Crippen LogP contribution in [0.4, 0.5) is 0 Å². The van der Waals surface area contributed by atoms with Crippen LogP contribution in [0.15, 0.2) is 24.4 Å².